The van der Waals surface area contributed by atoms with Crippen LogP contribution in [0.2, 0.25) is 5.02 Å². The molecule has 8 heteroatoms. The van der Waals surface area contributed by atoms with Gasteiger partial charge in [-0.1, -0.05) is 23.7 Å². The maximum atomic E-state index is 12.7. The van der Waals surface area contributed by atoms with Gasteiger partial charge in [0.25, 0.3) is 0 Å². The molecule has 2 unspecified atom stereocenters. The van der Waals surface area contributed by atoms with Crippen molar-refractivity contribution in [1.82, 2.24) is 9.62 Å². The van der Waals surface area contributed by atoms with Crippen molar-refractivity contribution in [3.8, 4) is 5.75 Å². The van der Waals surface area contributed by atoms with Crippen molar-refractivity contribution < 1.29 is 17.9 Å². The number of halogens is 1. The molecule has 2 aromatic rings. The Labute approximate surface area is 170 Å². The molecular formula is C20H23ClN2O4S. The second kappa shape index (κ2) is 8.11. The maximum Gasteiger partial charge on any atom is 0.242 e. The summed E-state index contributed by atoms with van der Waals surface area (Å²) in [6.45, 7) is 2.18. The van der Waals surface area contributed by atoms with E-state index in [0.717, 1.165) is 16.9 Å². The van der Waals surface area contributed by atoms with E-state index in [1.54, 1.807) is 30.3 Å². The number of hydrogen-bond acceptors (Lipinski definition) is 4. The van der Waals surface area contributed by atoms with Crippen LogP contribution in [0.5, 0.6) is 5.75 Å². The summed E-state index contributed by atoms with van der Waals surface area (Å²) in [7, 11) is -0.493. The Balaban J connectivity index is 1.66. The lowest BCUT2D eigenvalue weighted by molar-refractivity contribution is -0.126. The van der Waals surface area contributed by atoms with Gasteiger partial charge in [-0.25, -0.2) is 12.7 Å². The van der Waals surface area contributed by atoms with E-state index in [1.165, 1.54) is 18.4 Å². The zero-order chi connectivity index (χ0) is 20.5. The molecule has 2 aromatic carbocycles. The van der Waals surface area contributed by atoms with Gasteiger partial charge in [0.15, 0.2) is 0 Å². The summed E-state index contributed by atoms with van der Waals surface area (Å²) in [4.78, 5) is 12.9. The molecule has 0 aromatic heterocycles. The normalized spacial score (nSPS) is 17.5. The summed E-state index contributed by atoms with van der Waals surface area (Å²) in [6.07, 6.45) is 0.564. The third-order valence-electron chi connectivity index (χ3n) is 4.82. The summed E-state index contributed by atoms with van der Waals surface area (Å²) in [5, 5.41) is 3.60. The highest BCUT2D eigenvalue weighted by atomic mass is 35.5. The van der Waals surface area contributed by atoms with E-state index in [1.807, 2.05) is 19.1 Å². The van der Waals surface area contributed by atoms with Crippen molar-refractivity contribution in [2.75, 3.05) is 20.7 Å². The van der Waals surface area contributed by atoms with Gasteiger partial charge in [-0.3, -0.25) is 4.79 Å². The molecule has 0 saturated carbocycles. The summed E-state index contributed by atoms with van der Waals surface area (Å²) in [5.41, 5.74) is 1.75. The second-order valence-corrected chi connectivity index (χ2v) is 9.64. The third kappa shape index (κ3) is 4.32. The average Bonchev–Trinajstić information content (AvgIpc) is 2.67. The number of ether oxygens (including phenoxy) is 1. The Morgan fingerprint density at radius 3 is 2.54 bits per heavy atom. The monoisotopic (exact) mass is 422 g/mol. The molecule has 1 amide bonds. The molecule has 2 atom stereocenters. The van der Waals surface area contributed by atoms with E-state index in [4.69, 9.17) is 16.3 Å². The zero-order valence-corrected chi connectivity index (χ0v) is 17.5. The number of fused-ring (bicyclic) bond motifs is 1. The molecule has 28 heavy (non-hydrogen) atoms. The molecule has 150 valence electrons. The molecule has 0 spiro atoms. The van der Waals surface area contributed by atoms with E-state index in [9.17, 15) is 13.2 Å². The van der Waals surface area contributed by atoms with Crippen molar-refractivity contribution >= 4 is 27.5 Å². The highest BCUT2D eigenvalue weighted by Gasteiger charge is 2.27. The lowest BCUT2D eigenvalue weighted by Crippen LogP contribution is -2.38. The van der Waals surface area contributed by atoms with Crippen LogP contribution in [0.15, 0.2) is 47.4 Å². The van der Waals surface area contributed by atoms with Gasteiger partial charge in [0.2, 0.25) is 15.9 Å². The first-order chi connectivity index (χ1) is 13.2. The van der Waals surface area contributed by atoms with Crippen LogP contribution in [0.4, 0.5) is 0 Å². The molecule has 1 heterocycles. The van der Waals surface area contributed by atoms with Gasteiger partial charge in [-0.05, 0) is 54.8 Å². The van der Waals surface area contributed by atoms with Gasteiger partial charge in [-0.2, -0.15) is 0 Å². The number of carbonyl (C=O) groups is 1. The lowest BCUT2D eigenvalue weighted by Gasteiger charge is -2.26. The van der Waals surface area contributed by atoms with Gasteiger partial charge in [-0.15, -0.1) is 0 Å². The van der Waals surface area contributed by atoms with Crippen LogP contribution in [0.1, 0.15) is 24.1 Å². The van der Waals surface area contributed by atoms with Crippen LogP contribution in [-0.2, 0) is 21.2 Å². The summed E-state index contributed by atoms with van der Waals surface area (Å²) < 4.78 is 31.2. The minimum absolute atomic E-state index is 0.108. The maximum absolute atomic E-state index is 12.7. The number of rotatable bonds is 5. The van der Waals surface area contributed by atoms with Gasteiger partial charge in [0, 0.05) is 19.1 Å². The molecule has 0 saturated heterocycles. The van der Waals surface area contributed by atoms with Crippen molar-refractivity contribution in [2.45, 2.75) is 24.3 Å². The molecule has 0 radical (unpaired) electrons. The van der Waals surface area contributed by atoms with Crippen LogP contribution in [0, 0.1) is 5.92 Å². The van der Waals surface area contributed by atoms with E-state index in [-0.39, 0.29) is 22.8 Å². The fourth-order valence-electron chi connectivity index (χ4n) is 3.09. The molecule has 1 aliphatic rings. The molecule has 0 aliphatic carbocycles. The van der Waals surface area contributed by atoms with Crippen LogP contribution >= 0.6 is 11.6 Å². The minimum Gasteiger partial charge on any atom is -0.492 e. The number of benzene rings is 2. The van der Waals surface area contributed by atoms with E-state index < -0.39 is 10.0 Å². The average molecular weight is 423 g/mol. The lowest BCUT2D eigenvalue weighted by atomic mass is 9.95. The molecule has 1 N–H and O–H groups in total. The summed E-state index contributed by atoms with van der Waals surface area (Å²) >= 11 is 6.03. The smallest absolute Gasteiger partial charge is 0.242 e. The Kier molecular flexibility index (Phi) is 5.98. The zero-order valence-electron chi connectivity index (χ0n) is 16.0. The van der Waals surface area contributed by atoms with E-state index >= 15 is 0 Å². The van der Waals surface area contributed by atoms with Crippen molar-refractivity contribution in [2.24, 2.45) is 5.92 Å². The molecule has 0 fully saturated rings. The number of amides is 1. The van der Waals surface area contributed by atoms with Crippen molar-refractivity contribution in [3.63, 3.8) is 0 Å². The molecular weight excluding hydrogens is 400 g/mol. The predicted molar refractivity (Wildman–Crippen MR) is 108 cm³/mol. The van der Waals surface area contributed by atoms with Crippen molar-refractivity contribution in [1.29, 1.82) is 0 Å². The highest BCUT2D eigenvalue weighted by molar-refractivity contribution is 7.89. The summed E-state index contributed by atoms with van der Waals surface area (Å²) in [6, 6.07) is 11.7. The number of hydrogen-bond donors (Lipinski definition) is 1. The van der Waals surface area contributed by atoms with Crippen LogP contribution < -0.4 is 10.1 Å². The molecule has 1 aliphatic heterocycles. The Morgan fingerprint density at radius 1 is 1.21 bits per heavy atom. The van der Waals surface area contributed by atoms with Crippen LogP contribution in [0.3, 0.4) is 0 Å². The minimum atomic E-state index is -3.47. The van der Waals surface area contributed by atoms with Crippen molar-refractivity contribution in [3.05, 3.63) is 58.6 Å². The first-order valence-electron chi connectivity index (χ1n) is 8.92. The number of nitrogens with zero attached hydrogens (tertiary/aromatic N) is 1. The first kappa shape index (κ1) is 20.6. The fraction of sp³-hybridized carbons (Fsp3) is 0.350. The van der Waals surface area contributed by atoms with E-state index in [0.29, 0.717) is 18.1 Å². The number of nitrogens with one attached hydrogen (secondary N) is 1. The third-order valence-corrected chi connectivity index (χ3v) is 6.88. The summed E-state index contributed by atoms with van der Waals surface area (Å²) in [5.74, 6) is 0.351. The topological polar surface area (TPSA) is 75.7 Å². The molecule has 0 bridgehead atoms. The first-order valence-corrected chi connectivity index (χ1v) is 10.7. The van der Waals surface area contributed by atoms with Gasteiger partial charge >= 0.3 is 0 Å². The van der Waals surface area contributed by atoms with Gasteiger partial charge in [0.1, 0.15) is 12.4 Å². The molecule has 3 rings (SSSR count). The highest BCUT2D eigenvalue weighted by Crippen LogP contribution is 2.30. The number of sulfonamides is 1. The van der Waals surface area contributed by atoms with Crippen LogP contribution in [-0.4, -0.2) is 39.3 Å². The second-order valence-electron chi connectivity index (χ2n) is 7.05. The standard InChI is InChI=1S/C20H23ClN2O4S/c1-13(14-4-7-18(8-5-14)28(25,26)23(2)3)22-20(24)16-10-15-11-17(21)6-9-19(15)27-12-16/h4-9,11,13,16H,10,12H2,1-3H3,(H,22,24). The largest absolute Gasteiger partial charge is 0.492 e. The van der Waals surface area contributed by atoms with Crippen LogP contribution in [0.25, 0.3) is 0 Å². The SMILES string of the molecule is CC(NC(=O)C1COc2ccc(Cl)cc2C1)c1ccc(S(=O)(=O)N(C)C)cc1. The fourth-order valence-corrected chi connectivity index (χ4v) is 4.18. The molecule has 6 nitrogen and oxygen atoms in total. The Hall–Kier alpha value is -2.09. The Morgan fingerprint density at radius 2 is 1.89 bits per heavy atom. The quantitative estimate of drug-likeness (QED) is 0.803. The number of carbonyl (C=O) groups excluding carboxylic acids is 1. The van der Waals surface area contributed by atoms with Gasteiger partial charge < -0.3 is 10.1 Å². The Bertz CT molecular complexity index is 974. The van der Waals surface area contributed by atoms with E-state index in [2.05, 4.69) is 5.32 Å². The predicted octanol–water partition coefficient (Wildman–Crippen LogP) is 3.02. The van der Waals surface area contributed by atoms with Gasteiger partial charge in [0.05, 0.1) is 16.9 Å².